The first-order valence-corrected chi connectivity index (χ1v) is 15.2. The van der Waals surface area contributed by atoms with E-state index in [0.29, 0.717) is 54.0 Å². The molecule has 1 unspecified atom stereocenters. The molecule has 2 saturated heterocycles. The first-order valence-electron chi connectivity index (χ1n) is 14.8. The first kappa shape index (κ1) is 28.0. The van der Waals surface area contributed by atoms with Crippen molar-refractivity contribution in [1.29, 1.82) is 0 Å². The van der Waals surface area contributed by atoms with Gasteiger partial charge in [0.25, 0.3) is 0 Å². The van der Waals surface area contributed by atoms with Crippen LogP contribution in [0.5, 0.6) is 0 Å². The maximum absolute atomic E-state index is 14.7. The summed E-state index contributed by atoms with van der Waals surface area (Å²) in [5, 5.41) is 2.91. The van der Waals surface area contributed by atoms with E-state index in [-0.39, 0.29) is 16.9 Å². The number of ether oxygens (including phenoxy) is 1. The lowest BCUT2D eigenvalue weighted by atomic mass is 9.83. The van der Waals surface area contributed by atoms with Crippen LogP contribution in [-0.4, -0.2) is 45.4 Å². The van der Waals surface area contributed by atoms with Crippen LogP contribution < -0.4 is 15.7 Å². The number of imidazole rings is 1. The van der Waals surface area contributed by atoms with E-state index in [0.717, 1.165) is 30.9 Å². The lowest BCUT2D eigenvalue weighted by Crippen LogP contribution is -2.41. The average Bonchev–Trinajstić information content (AvgIpc) is 3.61. The van der Waals surface area contributed by atoms with Crippen LogP contribution >= 0.6 is 11.6 Å². The molecule has 224 valence electrons. The maximum Gasteiger partial charge on any atom is 0.427 e. The summed E-state index contributed by atoms with van der Waals surface area (Å²) < 4.78 is 22.9. The Kier molecular flexibility index (Phi) is 7.62. The molecule has 7 rings (SSSR count). The Labute approximate surface area is 253 Å². The summed E-state index contributed by atoms with van der Waals surface area (Å²) in [6.07, 6.45) is 3.14. The highest BCUT2D eigenvalue weighted by molar-refractivity contribution is 6.30. The number of nitrogens with one attached hydrogen (secondary N) is 2. The zero-order valence-corrected chi connectivity index (χ0v) is 24.6. The molecule has 3 fully saturated rings. The second kappa shape index (κ2) is 11.7. The Balaban J connectivity index is 1.44. The molecule has 0 radical (unpaired) electrons. The van der Waals surface area contributed by atoms with Crippen molar-refractivity contribution in [2.24, 2.45) is 11.8 Å². The normalized spacial score (nSPS) is 24.3. The Morgan fingerprint density at radius 1 is 1.07 bits per heavy atom. The van der Waals surface area contributed by atoms with Crippen molar-refractivity contribution < 1.29 is 18.8 Å². The fourth-order valence-corrected chi connectivity index (χ4v) is 6.65. The van der Waals surface area contributed by atoms with Crippen LogP contribution in [-0.2, 0) is 16.1 Å². The molecule has 1 amide bonds. The van der Waals surface area contributed by atoms with Gasteiger partial charge in [0.15, 0.2) is 17.6 Å². The second-order valence-electron chi connectivity index (χ2n) is 11.7. The molecule has 43 heavy (non-hydrogen) atoms. The number of aromatic nitrogens is 4. The second-order valence-corrected chi connectivity index (χ2v) is 12.1. The van der Waals surface area contributed by atoms with Crippen molar-refractivity contribution in [2.45, 2.75) is 51.4 Å². The van der Waals surface area contributed by atoms with Gasteiger partial charge in [0.2, 0.25) is 5.95 Å². The minimum absolute atomic E-state index is 0.0550. The number of anilines is 1. The zero-order valence-electron chi connectivity index (χ0n) is 23.8. The van der Waals surface area contributed by atoms with E-state index in [1.807, 2.05) is 18.2 Å². The first-order chi connectivity index (χ1) is 20.9. The Morgan fingerprint density at radius 3 is 2.63 bits per heavy atom. The molecule has 12 heteroatoms. The van der Waals surface area contributed by atoms with Gasteiger partial charge in [-0.1, -0.05) is 61.7 Å². The van der Waals surface area contributed by atoms with Gasteiger partial charge < -0.3 is 19.0 Å². The van der Waals surface area contributed by atoms with Gasteiger partial charge in [0.05, 0.1) is 19.3 Å². The number of carbonyl (C=O) groups is 1. The summed E-state index contributed by atoms with van der Waals surface area (Å²) in [7, 11) is 0. The smallest absolute Gasteiger partial charge is 0.377 e. The molecule has 0 spiro atoms. The van der Waals surface area contributed by atoms with Crippen molar-refractivity contribution in [3.63, 3.8) is 0 Å². The van der Waals surface area contributed by atoms with Crippen LogP contribution in [0.15, 0.2) is 48.5 Å². The number of morpholine rings is 1. The Morgan fingerprint density at radius 2 is 1.88 bits per heavy atom. The van der Waals surface area contributed by atoms with E-state index in [4.69, 9.17) is 36.1 Å². The van der Waals surface area contributed by atoms with Gasteiger partial charge in [0, 0.05) is 23.7 Å². The third-order valence-corrected chi connectivity index (χ3v) is 8.89. The van der Waals surface area contributed by atoms with Crippen molar-refractivity contribution in [3.8, 4) is 11.3 Å². The third kappa shape index (κ3) is 5.64. The third-order valence-electron chi connectivity index (χ3n) is 8.67. The van der Waals surface area contributed by atoms with Crippen molar-refractivity contribution >= 4 is 34.8 Å². The largest absolute Gasteiger partial charge is 0.427 e. The summed E-state index contributed by atoms with van der Waals surface area (Å²) in [6, 6.07) is 14.6. The van der Waals surface area contributed by atoms with E-state index in [2.05, 4.69) is 39.3 Å². The number of fused-ring (bicyclic) bond motifs is 1. The lowest BCUT2D eigenvalue weighted by molar-refractivity contribution is 0.0927. The maximum atomic E-state index is 14.7. The standard InChI is InChI=1S/C31H33ClFN7O3/c1-18-7-9-19(10-8-18)16-40-26-25(21-13-22(32)15-23(33)14-21)34-28(29-37-31(41)43-38-29)35-27(26)36-30(40)39-11-12-42-17-24(39)20-5-3-2-4-6-20/h2-6,13-15,18-19,24,29,38H,7-12,16-17H2,1H3,(H,37,41)/t18?,19?,24-,29?/m0/s1. The molecule has 4 heterocycles. The van der Waals surface area contributed by atoms with Gasteiger partial charge in [-0.25, -0.2) is 19.2 Å². The number of halogens is 2. The van der Waals surface area contributed by atoms with Crippen LogP contribution in [0.3, 0.4) is 0 Å². The minimum atomic E-state index is -0.798. The van der Waals surface area contributed by atoms with E-state index in [9.17, 15) is 9.18 Å². The Bertz CT molecular complexity index is 1620. The van der Waals surface area contributed by atoms with E-state index in [1.54, 1.807) is 6.07 Å². The zero-order chi connectivity index (χ0) is 29.5. The van der Waals surface area contributed by atoms with Crippen molar-refractivity contribution in [2.75, 3.05) is 24.7 Å². The van der Waals surface area contributed by atoms with Gasteiger partial charge in [0.1, 0.15) is 17.0 Å². The number of hydrogen-bond acceptors (Lipinski definition) is 8. The van der Waals surface area contributed by atoms with Crippen LogP contribution in [0, 0.1) is 17.7 Å². The summed E-state index contributed by atoms with van der Waals surface area (Å²) in [5.74, 6) is 1.69. The highest BCUT2D eigenvalue weighted by atomic mass is 35.5. The molecule has 10 nitrogen and oxygen atoms in total. The molecule has 2 aliphatic heterocycles. The summed E-state index contributed by atoms with van der Waals surface area (Å²) in [6.45, 7) is 4.75. The lowest BCUT2D eigenvalue weighted by Gasteiger charge is -2.37. The van der Waals surface area contributed by atoms with Crippen LogP contribution in [0.2, 0.25) is 5.02 Å². The van der Waals surface area contributed by atoms with Gasteiger partial charge in [-0.2, -0.15) is 4.98 Å². The molecule has 3 aliphatic rings. The molecule has 0 bridgehead atoms. The minimum Gasteiger partial charge on any atom is -0.377 e. The number of hydroxylamine groups is 1. The van der Waals surface area contributed by atoms with Gasteiger partial charge in [-0.3, -0.25) is 5.32 Å². The van der Waals surface area contributed by atoms with Crippen LogP contribution in [0.25, 0.3) is 22.4 Å². The summed E-state index contributed by atoms with van der Waals surface area (Å²) in [5.41, 5.74) is 5.88. The van der Waals surface area contributed by atoms with Crippen LogP contribution in [0.1, 0.15) is 56.2 Å². The summed E-state index contributed by atoms with van der Waals surface area (Å²) in [4.78, 5) is 33.9. The van der Waals surface area contributed by atoms with E-state index < -0.39 is 18.1 Å². The number of carbonyl (C=O) groups excluding carboxylic acids is 1. The average molecular weight is 606 g/mol. The van der Waals surface area contributed by atoms with Crippen molar-refractivity contribution in [1.82, 2.24) is 30.3 Å². The molecule has 2 atom stereocenters. The fourth-order valence-electron chi connectivity index (χ4n) is 6.43. The topological polar surface area (TPSA) is 106 Å². The molecule has 2 aromatic carbocycles. The van der Waals surface area contributed by atoms with Crippen LogP contribution in [0.4, 0.5) is 15.1 Å². The number of hydrogen-bond donors (Lipinski definition) is 2. The SMILES string of the molecule is CC1CCC(Cn2c(N3CCOC[C@H]3c3ccccc3)nc3nc(C4NOC(=O)N4)nc(-c4cc(F)cc(Cl)c4)c32)CC1. The Hall–Kier alpha value is -3.80. The quantitative estimate of drug-likeness (QED) is 0.278. The molecular weight excluding hydrogens is 573 g/mol. The molecule has 1 aliphatic carbocycles. The monoisotopic (exact) mass is 605 g/mol. The van der Waals surface area contributed by atoms with E-state index in [1.165, 1.54) is 25.0 Å². The highest BCUT2D eigenvalue weighted by Gasteiger charge is 2.34. The number of rotatable bonds is 6. The predicted octanol–water partition coefficient (Wildman–Crippen LogP) is 5.93. The molecule has 2 aromatic heterocycles. The van der Waals surface area contributed by atoms with Gasteiger partial charge in [-0.15, -0.1) is 5.48 Å². The molecule has 2 N–H and O–H groups in total. The van der Waals surface area contributed by atoms with Crippen molar-refractivity contribution in [3.05, 3.63) is 70.8 Å². The van der Waals surface area contributed by atoms with Gasteiger partial charge >= 0.3 is 6.09 Å². The number of benzene rings is 2. The molecular formula is C31H33ClFN7O3. The highest BCUT2D eigenvalue weighted by Crippen LogP contribution is 2.38. The molecule has 1 saturated carbocycles. The number of nitrogens with zero attached hydrogens (tertiary/aromatic N) is 5. The number of amides is 1. The molecule has 4 aromatic rings. The van der Waals surface area contributed by atoms with E-state index >= 15 is 0 Å². The van der Waals surface area contributed by atoms with Gasteiger partial charge in [-0.05, 0) is 48.4 Å². The fraction of sp³-hybridized carbons (Fsp3) is 0.419. The predicted molar refractivity (Wildman–Crippen MR) is 160 cm³/mol. The summed E-state index contributed by atoms with van der Waals surface area (Å²) >= 11 is 6.34.